The number of benzene rings is 5. The van der Waals surface area contributed by atoms with E-state index in [0.717, 1.165) is 44.9 Å². The first-order chi connectivity index (χ1) is 23.3. The zero-order valence-electron chi connectivity index (χ0n) is 25.6. The van der Waals surface area contributed by atoms with Crippen LogP contribution in [0.3, 0.4) is 0 Å². The lowest BCUT2D eigenvalue weighted by atomic mass is 9.94. The Hall–Kier alpha value is -6.19. The molecule has 3 nitrogen and oxygen atoms in total. The molecule has 7 aromatic rings. The van der Waals surface area contributed by atoms with Gasteiger partial charge in [0.05, 0.1) is 17.1 Å². The summed E-state index contributed by atoms with van der Waals surface area (Å²) in [5.41, 5.74) is 10.6. The quantitative estimate of drug-likeness (QED) is 0.189. The zero-order chi connectivity index (χ0) is 31.2. The van der Waals surface area contributed by atoms with Gasteiger partial charge < -0.3 is 0 Å². The summed E-state index contributed by atoms with van der Waals surface area (Å²) >= 11 is 0. The fraction of sp³-hybridized carbons (Fsp3) is 0.0227. The minimum Gasteiger partial charge on any atom is -0.256 e. The predicted octanol–water partition coefficient (Wildman–Crippen LogP) is 10.9. The Labute approximate surface area is 273 Å². The maximum absolute atomic E-state index is 5.30. The molecule has 5 aromatic carbocycles. The fourth-order valence-electron chi connectivity index (χ4n) is 6.87. The van der Waals surface area contributed by atoms with Crippen molar-refractivity contribution in [3.8, 4) is 33.9 Å². The van der Waals surface area contributed by atoms with Crippen molar-refractivity contribution in [3.05, 3.63) is 186 Å². The highest BCUT2D eigenvalue weighted by atomic mass is 14.9. The summed E-state index contributed by atoms with van der Waals surface area (Å²) < 4.78 is 0. The number of fused-ring (bicyclic) bond motifs is 6. The molecule has 0 saturated heterocycles. The SMILES string of the molecule is C1=CC2=CC(C=C1)c1ccccc1C=C2c1cc(-c2cc3ccccc3c3ccccc23)nc(-c2ccc(-c3ccccn3)cc2)n1. The number of aromatic nitrogens is 3. The third-order valence-electron chi connectivity index (χ3n) is 9.18. The average Bonchev–Trinajstić information content (AvgIpc) is 3.48. The van der Waals surface area contributed by atoms with E-state index in [1.54, 1.807) is 0 Å². The minimum atomic E-state index is 0.189. The lowest BCUT2D eigenvalue weighted by Crippen LogP contribution is -2.00. The van der Waals surface area contributed by atoms with Crippen LogP contribution in [0.4, 0.5) is 0 Å². The first-order valence-electron chi connectivity index (χ1n) is 16.0. The van der Waals surface area contributed by atoms with E-state index in [4.69, 9.17) is 9.97 Å². The van der Waals surface area contributed by atoms with E-state index in [0.29, 0.717) is 5.82 Å². The molecule has 2 aromatic heterocycles. The van der Waals surface area contributed by atoms with Gasteiger partial charge in [-0.25, -0.2) is 9.97 Å². The highest BCUT2D eigenvalue weighted by Gasteiger charge is 2.22. The summed E-state index contributed by atoms with van der Waals surface area (Å²) in [4.78, 5) is 15.1. The van der Waals surface area contributed by atoms with Crippen LogP contribution < -0.4 is 0 Å². The maximum atomic E-state index is 5.30. The van der Waals surface area contributed by atoms with Crippen molar-refractivity contribution < 1.29 is 0 Å². The minimum absolute atomic E-state index is 0.189. The molecule has 47 heavy (non-hydrogen) atoms. The molecule has 2 bridgehead atoms. The van der Waals surface area contributed by atoms with Crippen LogP contribution in [-0.4, -0.2) is 15.0 Å². The number of allylic oxidation sites excluding steroid dienone is 7. The van der Waals surface area contributed by atoms with E-state index in [9.17, 15) is 0 Å². The van der Waals surface area contributed by atoms with Crippen molar-refractivity contribution in [2.45, 2.75) is 5.92 Å². The van der Waals surface area contributed by atoms with Gasteiger partial charge >= 0.3 is 0 Å². The Morgan fingerprint density at radius 1 is 0.553 bits per heavy atom. The van der Waals surface area contributed by atoms with Gasteiger partial charge in [0.2, 0.25) is 0 Å². The summed E-state index contributed by atoms with van der Waals surface area (Å²) in [6.45, 7) is 0. The molecule has 2 heterocycles. The number of nitrogens with zero attached hydrogens (tertiary/aromatic N) is 3. The standard InChI is InChI=1S/C44H29N3/c1-2-12-32-25-31(11-1)35-15-5-3-13-33(35)26-39(32)42-28-43(40-27-34-14-4-6-16-36(34)37-17-7-8-18-38(37)40)47-44(46-42)30-22-20-29(21-23-30)41-19-9-10-24-45-41/h1-28,31H. The van der Waals surface area contributed by atoms with Gasteiger partial charge in [-0.05, 0) is 68.6 Å². The van der Waals surface area contributed by atoms with E-state index >= 15 is 0 Å². The van der Waals surface area contributed by atoms with Gasteiger partial charge in [0.15, 0.2) is 5.82 Å². The Morgan fingerprint density at radius 2 is 1.30 bits per heavy atom. The fourth-order valence-corrected chi connectivity index (χ4v) is 6.87. The second kappa shape index (κ2) is 11.3. The van der Waals surface area contributed by atoms with Gasteiger partial charge in [-0.3, -0.25) is 4.98 Å². The molecule has 0 fully saturated rings. The Kier molecular flexibility index (Phi) is 6.53. The third-order valence-corrected chi connectivity index (χ3v) is 9.18. The third kappa shape index (κ3) is 4.90. The van der Waals surface area contributed by atoms with Gasteiger partial charge in [-0.2, -0.15) is 0 Å². The van der Waals surface area contributed by atoms with Gasteiger partial charge in [0.25, 0.3) is 0 Å². The van der Waals surface area contributed by atoms with Crippen molar-refractivity contribution in [1.29, 1.82) is 0 Å². The van der Waals surface area contributed by atoms with Crippen molar-refractivity contribution in [3.63, 3.8) is 0 Å². The molecule has 220 valence electrons. The first kappa shape index (κ1) is 27.1. The second-order valence-corrected chi connectivity index (χ2v) is 12.0. The van der Waals surface area contributed by atoms with Crippen LogP contribution >= 0.6 is 0 Å². The lowest BCUT2D eigenvalue weighted by Gasteiger charge is -2.15. The number of rotatable bonds is 4. The largest absolute Gasteiger partial charge is 0.256 e. The smallest absolute Gasteiger partial charge is 0.160 e. The molecule has 1 unspecified atom stereocenters. The van der Waals surface area contributed by atoms with Gasteiger partial charge in [-0.1, -0.05) is 134 Å². The molecule has 1 atom stereocenters. The van der Waals surface area contributed by atoms with Crippen LogP contribution in [-0.2, 0) is 0 Å². The summed E-state index contributed by atoms with van der Waals surface area (Å²) in [7, 11) is 0. The van der Waals surface area contributed by atoms with Gasteiger partial charge in [-0.15, -0.1) is 0 Å². The van der Waals surface area contributed by atoms with E-state index in [-0.39, 0.29) is 5.92 Å². The van der Waals surface area contributed by atoms with Crippen LogP contribution in [0, 0.1) is 0 Å². The molecule has 0 saturated carbocycles. The monoisotopic (exact) mass is 599 g/mol. The summed E-state index contributed by atoms with van der Waals surface area (Å²) in [6.07, 6.45) is 15.2. The van der Waals surface area contributed by atoms with E-state index in [1.165, 1.54) is 32.7 Å². The van der Waals surface area contributed by atoms with Gasteiger partial charge in [0.1, 0.15) is 0 Å². The van der Waals surface area contributed by atoms with Crippen molar-refractivity contribution in [2.24, 2.45) is 0 Å². The molecular formula is C44H29N3. The maximum Gasteiger partial charge on any atom is 0.160 e. The summed E-state index contributed by atoms with van der Waals surface area (Å²) in [6, 6.07) is 44.7. The van der Waals surface area contributed by atoms with Crippen LogP contribution in [0.25, 0.3) is 67.1 Å². The summed E-state index contributed by atoms with van der Waals surface area (Å²) in [5, 5.41) is 4.81. The highest BCUT2D eigenvalue weighted by molar-refractivity contribution is 6.13. The molecule has 0 aliphatic heterocycles. The van der Waals surface area contributed by atoms with Crippen molar-refractivity contribution >= 4 is 33.2 Å². The van der Waals surface area contributed by atoms with Crippen LogP contribution in [0.5, 0.6) is 0 Å². The van der Waals surface area contributed by atoms with Crippen LogP contribution in [0.2, 0.25) is 0 Å². The number of pyridine rings is 1. The van der Waals surface area contributed by atoms with Crippen molar-refractivity contribution in [1.82, 2.24) is 15.0 Å². The average molecular weight is 600 g/mol. The lowest BCUT2D eigenvalue weighted by molar-refractivity contribution is 1.08. The zero-order valence-corrected chi connectivity index (χ0v) is 25.6. The second-order valence-electron chi connectivity index (χ2n) is 12.0. The molecule has 0 spiro atoms. The normalized spacial score (nSPS) is 15.1. The first-order valence-corrected chi connectivity index (χ1v) is 16.0. The highest BCUT2D eigenvalue weighted by Crippen LogP contribution is 2.40. The Balaban J connectivity index is 1.29. The van der Waals surface area contributed by atoms with Crippen LogP contribution in [0.15, 0.2) is 170 Å². The van der Waals surface area contributed by atoms with Crippen LogP contribution in [0.1, 0.15) is 22.7 Å². The van der Waals surface area contributed by atoms with Crippen molar-refractivity contribution in [2.75, 3.05) is 0 Å². The van der Waals surface area contributed by atoms with E-state index in [2.05, 4.69) is 151 Å². The number of hydrogen-bond donors (Lipinski definition) is 0. The predicted molar refractivity (Wildman–Crippen MR) is 195 cm³/mol. The van der Waals surface area contributed by atoms with E-state index < -0.39 is 0 Å². The molecule has 3 heteroatoms. The molecular weight excluding hydrogens is 571 g/mol. The van der Waals surface area contributed by atoms with Gasteiger partial charge in [0, 0.05) is 34.4 Å². The summed E-state index contributed by atoms with van der Waals surface area (Å²) in [5.74, 6) is 0.878. The molecule has 0 amide bonds. The Bertz CT molecular complexity index is 2450. The molecule has 2 aliphatic rings. The van der Waals surface area contributed by atoms with E-state index in [1.807, 2.05) is 24.4 Å². The molecule has 0 radical (unpaired) electrons. The molecule has 9 rings (SSSR count). The number of hydrogen-bond acceptors (Lipinski definition) is 3. The molecule has 0 N–H and O–H groups in total. The topological polar surface area (TPSA) is 38.7 Å². The Morgan fingerprint density at radius 3 is 2.17 bits per heavy atom. The molecule has 2 aliphatic carbocycles.